The summed E-state index contributed by atoms with van der Waals surface area (Å²) in [5.41, 5.74) is 28.5. The van der Waals surface area contributed by atoms with Gasteiger partial charge in [0.25, 0.3) is 0 Å². The molecule has 0 aliphatic heterocycles. The molecule has 0 saturated carbocycles. The highest BCUT2D eigenvalue weighted by molar-refractivity contribution is 6.22. The molecule has 6 rings (SSSR count). The van der Waals surface area contributed by atoms with Gasteiger partial charge in [0.05, 0.1) is 22.1 Å². The molecule has 2 heterocycles. The molecule has 4 aromatic carbocycles. The van der Waals surface area contributed by atoms with Gasteiger partial charge in [-0.1, -0.05) is 0 Å². The lowest BCUT2D eigenvalue weighted by Crippen LogP contribution is -2.04. The van der Waals surface area contributed by atoms with E-state index >= 15 is 0 Å². The summed E-state index contributed by atoms with van der Waals surface area (Å²) in [6.07, 6.45) is 0. The Kier molecular flexibility index (Phi) is 6.93. The van der Waals surface area contributed by atoms with Crippen LogP contribution in [0.15, 0.2) is 0 Å². The second-order valence-electron chi connectivity index (χ2n) is 13.9. The van der Waals surface area contributed by atoms with E-state index in [0.29, 0.717) is 0 Å². The number of hydrogen-bond acceptors (Lipinski definition) is 0. The van der Waals surface area contributed by atoms with Gasteiger partial charge < -0.3 is 9.13 Å². The summed E-state index contributed by atoms with van der Waals surface area (Å²) in [7, 11) is 0. The predicted molar refractivity (Wildman–Crippen MR) is 196 cm³/mol. The van der Waals surface area contributed by atoms with Crippen molar-refractivity contribution in [3.63, 3.8) is 0 Å². The Labute approximate surface area is 265 Å². The van der Waals surface area contributed by atoms with Crippen molar-refractivity contribution in [2.24, 2.45) is 0 Å². The van der Waals surface area contributed by atoms with Crippen molar-refractivity contribution >= 4 is 43.6 Å². The standard InChI is InChI=1S/C42H52N2/c1-17-43-40-30(14)22(6)20(4)26(10)37(40)38-34(24(8)23(7)31(15)41(38)43)33-27(11)28(12)36-35-25(9)19(3)21(5)29(13)39(35)44(18-2)42(36)32(33)16/h17-18H2,1-16H3. The van der Waals surface area contributed by atoms with Crippen molar-refractivity contribution in [1.82, 2.24) is 9.13 Å². The van der Waals surface area contributed by atoms with Crippen LogP contribution in [0.2, 0.25) is 0 Å². The lowest BCUT2D eigenvalue weighted by atomic mass is 9.82. The normalized spacial score (nSPS) is 12.3. The van der Waals surface area contributed by atoms with E-state index in [4.69, 9.17) is 0 Å². The van der Waals surface area contributed by atoms with Gasteiger partial charge in [0.15, 0.2) is 0 Å². The molecule has 230 valence electrons. The fraction of sp³-hybridized carbons (Fsp3) is 0.429. The fourth-order valence-electron chi connectivity index (χ4n) is 8.92. The number of fused-ring (bicyclic) bond motifs is 6. The molecular weight excluding hydrogens is 532 g/mol. The van der Waals surface area contributed by atoms with Crippen LogP contribution in [-0.2, 0) is 13.1 Å². The first kappa shape index (κ1) is 30.5. The molecule has 0 aliphatic rings. The number of benzene rings is 4. The molecule has 0 spiro atoms. The molecule has 2 heteroatoms. The zero-order valence-electron chi connectivity index (χ0n) is 30.3. The Morgan fingerprint density at radius 1 is 0.273 bits per heavy atom. The van der Waals surface area contributed by atoms with E-state index in [1.54, 1.807) is 0 Å². The summed E-state index contributed by atoms with van der Waals surface area (Å²) in [4.78, 5) is 0. The molecule has 2 nitrogen and oxygen atoms in total. The molecule has 0 bridgehead atoms. The average molecular weight is 585 g/mol. The summed E-state index contributed by atoms with van der Waals surface area (Å²) in [6, 6.07) is 0. The minimum absolute atomic E-state index is 0.957. The van der Waals surface area contributed by atoms with Gasteiger partial charge in [-0.25, -0.2) is 0 Å². The summed E-state index contributed by atoms with van der Waals surface area (Å²) >= 11 is 0. The minimum Gasteiger partial charge on any atom is -0.340 e. The van der Waals surface area contributed by atoms with Crippen LogP contribution >= 0.6 is 0 Å². The maximum Gasteiger partial charge on any atom is 0.0530 e. The van der Waals surface area contributed by atoms with E-state index in [-0.39, 0.29) is 0 Å². The molecule has 0 amide bonds. The second-order valence-corrected chi connectivity index (χ2v) is 13.9. The quantitative estimate of drug-likeness (QED) is 0.196. The van der Waals surface area contributed by atoms with Crippen molar-refractivity contribution in [2.45, 2.75) is 124 Å². The highest BCUT2D eigenvalue weighted by Crippen LogP contribution is 2.50. The molecule has 2 aromatic heterocycles. The maximum absolute atomic E-state index is 2.64. The molecule has 0 unspecified atom stereocenters. The summed E-state index contributed by atoms with van der Waals surface area (Å²) in [5.74, 6) is 0. The molecule has 44 heavy (non-hydrogen) atoms. The lowest BCUT2D eigenvalue weighted by Gasteiger charge is -2.22. The first-order valence-electron chi connectivity index (χ1n) is 16.7. The monoisotopic (exact) mass is 584 g/mol. The van der Waals surface area contributed by atoms with E-state index in [9.17, 15) is 0 Å². The Hall–Kier alpha value is -3.52. The van der Waals surface area contributed by atoms with E-state index < -0.39 is 0 Å². The zero-order valence-corrected chi connectivity index (χ0v) is 30.3. The molecule has 0 N–H and O–H groups in total. The predicted octanol–water partition coefficient (Wildman–Crippen LogP) is 11.9. The van der Waals surface area contributed by atoms with Crippen LogP contribution in [0.3, 0.4) is 0 Å². The van der Waals surface area contributed by atoms with Gasteiger partial charge in [-0.05, 0) is 200 Å². The number of hydrogen-bond donors (Lipinski definition) is 0. The Morgan fingerprint density at radius 2 is 0.545 bits per heavy atom. The van der Waals surface area contributed by atoms with E-state index in [1.165, 1.54) is 133 Å². The topological polar surface area (TPSA) is 9.86 Å². The Bertz CT molecular complexity index is 2260. The van der Waals surface area contributed by atoms with Gasteiger partial charge in [-0.3, -0.25) is 0 Å². The van der Waals surface area contributed by atoms with Crippen molar-refractivity contribution < 1.29 is 0 Å². The summed E-state index contributed by atoms with van der Waals surface area (Å²) < 4.78 is 5.26. The molecule has 6 aromatic rings. The van der Waals surface area contributed by atoms with Crippen molar-refractivity contribution in [3.05, 3.63) is 77.9 Å². The molecular formula is C42H52N2. The maximum atomic E-state index is 2.64. The first-order valence-corrected chi connectivity index (χ1v) is 16.7. The van der Waals surface area contributed by atoms with Crippen LogP contribution in [0.5, 0.6) is 0 Å². The van der Waals surface area contributed by atoms with E-state index in [2.05, 4.69) is 120 Å². The fourth-order valence-corrected chi connectivity index (χ4v) is 8.92. The van der Waals surface area contributed by atoms with Crippen LogP contribution < -0.4 is 0 Å². The SMILES string of the molecule is CCn1c2c(C)c(C)c(C)c(C)c2c2c(C)c(C)c(-c3c(C)c(C)c(C)c4c3c3c(C)c(C)c(C)c(C)c3n4CC)c(C)c21. The van der Waals surface area contributed by atoms with Gasteiger partial charge in [0.2, 0.25) is 0 Å². The smallest absolute Gasteiger partial charge is 0.0530 e. The van der Waals surface area contributed by atoms with Crippen LogP contribution in [0.1, 0.15) is 91.7 Å². The van der Waals surface area contributed by atoms with Gasteiger partial charge >= 0.3 is 0 Å². The van der Waals surface area contributed by atoms with Gasteiger partial charge in [-0.15, -0.1) is 0 Å². The number of rotatable bonds is 3. The molecule has 0 saturated heterocycles. The van der Waals surface area contributed by atoms with Crippen LogP contribution in [0, 0.1) is 96.9 Å². The van der Waals surface area contributed by atoms with Crippen LogP contribution in [0.25, 0.3) is 54.7 Å². The van der Waals surface area contributed by atoms with E-state index in [1.807, 2.05) is 0 Å². The number of aryl methyl sites for hydroxylation is 9. The number of nitrogens with zero attached hydrogens (tertiary/aromatic N) is 2. The lowest BCUT2D eigenvalue weighted by molar-refractivity contribution is 0.820. The first-order chi connectivity index (χ1) is 20.6. The third kappa shape index (κ3) is 3.49. The largest absolute Gasteiger partial charge is 0.340 e. The number of aromatic nitrogens is 2. The highest BCUT2D eigenvalue weighted by Gasteiger charge is 2.29. The van der Waals surface area contributed by atoms with Crippen molar-refractivity contribution in [3.8, 4) is 11.1 Å². The van der Waals surface area contributed by atoms with Crippen LogP contribution in [0.4, 0.5) is 0 Å². The van der Waals surface area contributed by atoms with Crippen molar-refractivity contribution in [2.75, 3.05) is 0 Å². The Morgan fingerprint density at radius 3 is 0.955 bits per heavy atom. The van der Waals surface area contributed by atoms with Gasteiger partial charge in [0, 0.05) is 34.6 Å². The second kappa shape index (κ2) is 9.99. The molecule has 0 fully saturated rings. The average Bonchev–Trinajstić information content (AvgIpc) is 3.54. The molecule has 0 atom stereocenters. The van der Waals surface area contributed by atoms with Crippen molar-refractivity contribution in [1.29, 1.82) is 0 Å². The van der Waals surface area contributed by atoms with E-state index in [0.717, 1.165) is 13.1 Å². The summed E-state index contributed by atoms with van der Waals surface area (Å²) in [5, 5.41) is 5.82. The molecule has 0 radical (unpaired) electrons. The zero-order chi connectivity index (χ0) is 32.4. The third-order valence-electron chi connectivity index (χ3n) is 12.4. The van der Waals surface area contributed by atoms with Crippen LogP contribution in [-0.4, -0.2) is 9.13 Å². The summed E-state index contributed by atoms with van der Waals surface area (Å²) in [6.45, 7) is 39.4. The Balaban J connectivity index is 1.97. The minimum atomic E-state index is 0.957. The molecule has 0 aliphatic carbocycles. The highest BCUT2D eigenvalue weighted by atomic mass is 15.0. The third-order valence-corrected chi connectivity index (χ3v) is 12.4. The van der Waals surface area contributed by atoms with Gasteiger partial charge in [0.1, 0.15) is 0 Å². The van der Waals surface area contributed by atoms with Gasteiger partial charge in [-0.2, -0.15) is 0 Å².